The summed E-state index contributed by atoms with van der Waals surface area (Å²) in [6, 6.07) is 19.9. The van der Waals surface area contributed by atoms with Gasteiger partial charge in [-0.25, -0.2) is 0 Å². The Bertz CT molecular complexity index is 1070. The normalized spacial score (nSPS) is 12.3. The molecule has 0 aromatic heterocycles. The van der Waals surface area contributed by atoms with E-state index in [2.05, 4.69) is 37.4 Å². The van der Waals surface area contributed by atoms with Crippen LogP contribution in [0.1, 0.15) is 16.7 Å². The number of aryl methyl sites for hydroxylation is 2. The van der Waals surface area contributed by atoms with E-state index in [1.165, 1.54) is 22.1 Å². The number of carbonyl (C=O) groups is 1. The van der Waals surface area contributed by atoms with Crippen LogP contribution in [0.25, 0.3) is 6.08 Å². The number of rotatable bonds is 5. The number of nitrogens with one attached hydrogen (secondary N) is 1. The first-order valence-electron chi connectivity index (χ1n) is 9.31. The maximum absolute atomic E-state index is 12.2. The Hall–Kier alpha value is -3.18. The quantitative estimate of drug-likeness (QED) is 0.544. The zero-order valence-corrected chi connectivity index (χ0v) is 17.1. The van der Waals surface area contributed by atoms with E-state index in [1.807, 2.05) is 42.5 Å². The van der Waals surface area contributed by atoms with Gasteiger partial charge in [-0.05, 0) is 79.1 Å². The molecule has 0 bridgehead atoms. The van der Waals surface area contributed by atoms with Gasteiger partial charge in [-0.3, -0.25) is 4.79 Å². The molecule has 1 aliphatic heterocycles. The number of amides is 1. The van der Waals surface area contributed by atoms with Gasteiger partial charge in [-0.1, -0.05) is 30.0 Å². The Morgan fingerprint density at radius 1 is 0.966 bits per heavy atom. The van der Waals surface area contributed by atoms with Gasteiger partial charge in [0.25, 0.3) is 0 Å². The maximum atomic E-state index is 12.2. The van der Waals surface area contributed by atoms with Crippen molar-refractivity contribution in [2.24, 2.45) is 0 Å². The second-order valence-corrected chi connectivity index (χ2v) is 7.95. The molecule has 1 aliphatic rings. The molecule has 29 heavy (non-hydrogen) atoms. The van der Waals surface area contributed by atoms with E-state index in [0.29, 0.717) is 5.75 Å². The van der Waals surface area contributed by atoms with E-state index >= 15 is 0 Å². The molecule has 4 rings (SSSR count). The van der Waals surface area contributed by atoms with Crippen LogP contribution in [-0.2, 0) is 4.79 Å². The highest BCUT2D eigenvalue weighted by atomic mass is 32.2. The van der Waals surface area contributed by atoms with Gasteiger partial charge in [0, 0.05) is 21.6 Å². The summed E-state index contributed by atoms with van der Waals surface area (Å²) in [5.74, 6) is 1.24. The Morgan fingerprint density at radius 2 is 1.76 bits per heavy atom. The van der Waals surface area contributed by atoms with Crippen LogP contribution in [-0.4, -0.2) is 12.7 Å². The molecule has 3 aromatic carbocycles. The predicted molar refractivity (Wildman–Crippen MR) is 117 cm³/mol. The molecule has 0 aliphatic carbocycles. The van der Waals surface area contributed by atoms with E-state index in [1.54, 1.807) is 17.8 Å². The number of carbonyl (C=O) groups excluding carboxylic acids is 1. The topological polar surface area (TPSA) is 47.6 Å². The van der Waals surface area contributed by atoms with Crippen LogP contribution in [0.3, 0.4) is 0 Å². The van der Waals surface area contributed by atoms with Gasteiger partial charge in [-0.15, -0.1) is 0 Å². The van der Waals surface area contributed by atoms with Crippen molar-refractivity contribution in [1.29, 1.82) is 0 Å². The molecule has 146 valence electrons. The minimum Gasteiger partial charge on any atom is -0.454 e. The molecular formula is C24H21NO3S. The molecule has 1 amide bonds. The standard InChI is InChI=1S/C24H21NO3S/c1-16-3-4-17(2)23(13-16)29-20-9-7-19(8-10-20)25-24(26)12-6-18-5-11-21-22(14-18)28-15-27-21/h3-14H,15H2,1-2H3,(H,25,26). The number of ether oxygens (including phenoxy) is 2. The van der Waals surface area contributed by atoms with Crippen LogP contribution in [0.2, 0.25) is 0 Å². The SMILES string of the molecule is Cc1ccc(C)c(Sc2ccc(NC(=O)C=Cc3ccc4c(c3)OCO4)cc2)c1. The first kappa shape index (κ1) is 19.2. The molecule has 0 atom stereocenters. The second-order valence-electron chi connectivity index (χ2n) is 6.83. The summed E-state index contributed by atoms with van der Waals surface area (Å²) in [4.78, 5) is 14.6. The molecule has 3 aromatic rings. The van der Waals surface area contributed by atoms with Gasteiger partial charge in [0.2, 0.25) is 12.7 Å². The molecule has 0 unspecified atom stereocenters. The van der Waals surface area contributed by atoms with Crippen molar-refractivity contribution in [3.8, 4) is 11.5 Å². The first-order chi connectivity index (χ1) is 14.1. The Kier molecular flexibility index (Phi) is 5.58. The van der Waals surface area contributed by atoms with Gasteiger partial charge in [0.15, 0.2) is 11.5 Å². The van der Waals surface area contributed by atoms with E-state index in [-0.39, 0.29) is 12.7 Å². The van der Waals surface area contributed by atoms with Crippen LogP contribution in [0, 0.1) is 13.8 Å². The van der Waals surface area contributed by atoms with Crippen molar-refractivity contribution in [3.63, 3.8) is 0 Å². The van der Waals surface area contributed by atoms with E-state index < -0.39 is 0 Å². The lowest BCUT2D eigenvalue weighted by molar-refractivity contribution is -0.111. The number of hydrogen-bond donors (Lipinski definition) is 1. The van der Waals surface area contributed by atoms with Crippen LogP contribution < -0.4 is 14.8 Å². The summed E-state index contributed by atoms with van der Waals surface area (Å²) in [5.41, 5.74) is 4.14. The van der Waals surface area contributed by atoms with Gasteiger partial charge >= 0.3 is 0 Å². The summed E-state index contributed by atoms with van der Waals surface area (Å²) >= 11 is 1.72. The fourth-order valence-corrected chi connectivity index (χ4v) is 3.92. The van der Waals surface area contributed by atoms with Crippen LogP contribution in [0.4, 0.5) is 5.69 Å². The average Bonchev–Trinajstić information content (AvgIpc) is 3.18. The summed E-state index contributed by atoms with van der Waals surface area (Å²) in [7, 11) is 0. The van der Waals surface area contributed by atoms with Crippen molar-refractivity contribution in [2.45, 2.75) is 23.6 Å². The Balaban J connectivity index is 1.37. The Morgan fingerprint density at radius 3 is 2.59 bits per heavy atom. The van der Waals surface area contributed by atoms with E-state index in [9.17, 15) is 4.79 Å². The van der Waals surface area contributed by atoms with Gasteiger partial charge in [-0.2, -0.15) is 0 Å². The van der Waals surface area contributed by atoms with Gasteiger partial charge < -0.3 is 14.8 Å². The third-order valence-corrected chi connectivity index (χ3v) is 5.68. The molecule has 1 N–H and O–H groups in total. The second kappa shape index (κ2) is 8.45. The predicted octanol–water partition coefficient (Wildman–Crippen LogP) is 5.84. The molecule has 5 heteroatoms. The molecule has 0 radical (unpaired) electrons. The zero-order valence-electron chi connectivity index (χ0n) is 16.3. The minimum absolute atomic E-state index is 0.183. The third-order valence-electron chi connectivity index (χ3n) is 4.52. The number of anilines is 1. The average molecular weight is 404 g/mol. The molecule has 0 saturated carbocycles. The number of benzene rings is 3. The van der Waals surface area contributed by atoms with Crippen molar-refractivity contribution < 1.29 is 14.3 Å². The molecule has 0 saturated heterocycles. The van der Waals surface area contributed by atoms with Crippen molar-refractivity contribution in [2.75, 3.05) is 12.1 Å². The van der Waals surface area contributed by atoms with Crippen molar-refractivity contribution in [1.82, 2.24) is 0 Å². The molecule has 0 spiro atoms. The third kappa shape index (κ3) is 4.81. The fourth-order valence-electron chi connectivity index (χ4n) is 2.92. The maximum Gasteiger partial charge on any atom is 0.248 e. The highest BCUT2D eigenvalue weighted by molar-refractivity contribution is 7.99. The van der Waals surface area contributed by atoms with Gasteiger partial charge in [0.1, 0.15) is 0 Å². The van der Waals surface area contributed by atoms with Gasteiger partial charge in [0.05, 0.1) is 0 Å². The Labute approximate surface area is 174 Å². The first-order valence-corrected chi connectivity index (χ1v) is 10.1. The summed E-state index contributed by atoms with van der Waals surface area (Å²) < 4.78 is 10.6. The molecule has 0 fully saturated rings. The summed E-state index contributed by atoms with van der Waals surface area (Å²) in [6.45, 7) is 4.45. The van der Waals surface area contributed by atoms with Crippen LogP contribution >= 0.6 is 11.8 Å². The molecule has 4 nitrogen and oxygen atoms in total. The monoisotopic (exact) mass is 403 g/mol. The van der Waals surface area contributed by atoms with Crippen molar-refractivity contribution in [3.05, 3.63) is 83.4 Å². The lowest BCUT2D eigenvalue weighted by atomic mass is 10.2. The zero-order chi connectivity index (χ0) is 20.2. The lowest BCUT2D eigenvalue weighted by Gasteiger charge is -2.08. The van der Waals surface area contributed by atoms with Crippen LogP contribution in [0.15, 0.2) is 76.5 Å². The summed E-state index contributed by atoms with van der Waals surface area (Å²) in [5, 5.41) is 2.89. The molecule has 1 heterocycles. The minimum atomic E-state index is -0.183. The highest BCUT2D eigenvalue weighted by Gasteiger charge is 2.12. The van der Waals surface area contributed by atoms with Crippen LogP contribution in [0.5, 0.6) is 11.5 Å². The number of hydrogen-bond acceptors (Lipinski definition) is 4. The largest absolute Gasteiger partial charge is 0.454 e. The van der Waals surface area contributed by atoms with E-state index in [4.69, 9.17) is 9.47 Å². The smallest absolute Gasteiger partial charge is 0.248 e. The highest BCUT2D eigenvalue weighted by Crippen LogP contribution is 2.33. The van der Waals surface area contributed by atoms with Crippen molar-refractivity contribution >= 4 is 29.4 Å². The molecular weight excluding hydrogens is 382 g/mol. The lowest BCUT2D eigenvalue weighted by Crippen LogP contribution is -2.07. The summed E-state index contributed by atoms with van der Waals surface area (Å²) in [6.07, 6.45) is 3.26. The van der Waals surface area contributed by atoms with E-state index in [0.717, 1.165) is 21.9 Å². The number of fused-ring (bicyclic) bond motifs is 1. The fraction of sp³-hybridized carbons (Fsp3) is 0.125.